The largest absolute Gasteiger partial charge is 0.508 e. The van der Waals surface area contributed by atoms with Crippen LogP contribution in [0, 0.1) is 0 Å². The van der Waals surface area contributed by atoms with E-state index in [4.69, 9.17) is 0 Å². The molecule has 3 amide bonds. The van der Waals surface area contributed by atoms with Gasteiger partial charge in [0.25, 0.3) is 0 Å². The quantitative estimate of drug-likeness (QED) is 0.678. The monoisotopic (exact) mass is 376 g/mol. The van der Waals surface area contributed by atoms with Crippen LogP contribution in [0.5, 0.6) is 5.75 Å². The molecule has 0 unspecified atom stereocenters. The van der Waals surface area contributed by atoms with Gasteiger partial charge in [0, 0.05) is 6.04 Å². The zero-order chi connectivity index (χ0) is 18.5. The molecule has 1 aromatic heterocycles. The van der Waals surface area contributed by atoms with Crippen LogP contribution in [-0.2, 0) is 4.79 Å². The van der Waals surface area contributed by atoms with Crippen molar-refractivity contribution in [2.45, 2.75) is 49.1 Å². The summed E-state index contributed by atoms with van der Waals surface area (Å²) in [7, 11) is 0. The van der Waals surface area contributed by atoms with E-state index in [-0.39, 0.29) is 11.8 Å². The lowest BCUT2D eigenvalue weighted by Crippen LogP contribution is -2.45. The average molecular weight is 376 g/mol. The van der Waals surface area contributed by atoms with E-state index in [1.54, 1.807) is 19.1 Å². The number of aromatic hydroxyl groups is 1. The number of nitrogens with one attached hydrogen (secondary N) is 2. The molecule has 1 heterocycles. The van der Waals surface area contributed by atoms with Crippen LogP contribution in [0.15, 0.2) is 29.4 Å². The zero-order valence-electron chi connectivity index (χ0n) is 14.3. The SMILES string of the molecule is C[C@H](Sc1nnnn1-c1ccc(O)cc1)C(=O)NC(=O)NC1CCCC1. The minimum absolute atomic E-state index is 0.136. The van der Waals surface area contributed by atoms with Crippen LogP contribution in [-0.4, -0.2) is 48.5 Å². The first-order chi connectivity index (χ1) is 12.5. The van der Waals surface area contributed by atoms with E-state index in [0.717, 1.165) is 37.4 Å². The van der Waals surface area contributed by atoms with Gasteiger partial charge in [-0.15, -0.1) is 5.10 Å². The maximum atomic E-state index is 12.2. The summed E-state index contributed by atoms with van der Waals surface area (Å²) in [4.78, 5) is 24.2. The fourth-order valence-electron chi connectivity index (χ4n) is 2.73. The van der Waals surface area contributed by atoms with Gasteiger partial charge in [-0.05, 0) is 54.5 Å². The van der Waals surface area contributed by atoms with Crippen LogP contribution in [0.25, 0.3) is 5.69 Å². The summed E-state index contributed by atoms with van der Waals surface area (Å²) in [6.07, 6.45) is 4.11. The van der Waals surface area contributed by atoms with E-state index in [1.165, 1.54) is 16.8 Å². The molecule has 1 aromatic carbocycles. The topological polar surface area (TPSA) is 122 Å². The third kappa shape index (κ3) is 4.51. The summed E-state index contributed by atoms with van der Waals surface area (Å²) in [6, 6.07) is 6.05. The summed E-state index contributed by atoms with van der Waals surface area (Å²) in [5.41, 5.74) is 0.655. The van der Waals surface area contributed by atoms with Crippen LogP contribution in [0.2, 0.25) is 0 Å². The second kappa shape index (κ2) is 8.17. The minimum Gasteiger partial charge on any atom is -0.508 e. The highest BCUT2D eigenvalue weighted by Crippen LogP contribution is 2.24. The lowest BCUT2D eigenvalue weighted by molar-refractivity contribution is -0.119. The molecule has 3 rings (SSSR count). The highest BCUT2D eigenvalue weighted by Gasteiger charge is 2.23. The normalized spacial score (nSPS) is 15.6. The maximum Gasteiger partial charge on any atom is 0.321 e. The first kappa shape index (κ1) is 18.2. The fourth-order valence-corrected chi connectivity index (χ4v) is 3.53. The maximum absolute atomic E-state index is 12.2. The smallest absolute Gasteiger partial charge is 0.321 e. The molecule has 138 valence electrons. The molecule has 2 aromatic rings. The Kier molecular flexibility index (Phi) is 5.71. The van der Waals surface area contributed by atoms with Crippen molar-refractivity contribution in [1.29, 1.82) is 0 Å². The number of aromatic nitrogens is 4. The Balaban J connectivity index is 1.58. The fraction of sp³-hybridized carbons (Fsp3) is 0.438. The predicted octanol–water partition coefficient (Wildman–Crippen LogP) is 1.62. The molecule has 9 nitrogen and oxygen atoms in total. The summed E-state index contributed by atoms with van der Waals surface area (Å²) < 4.78 is 1.46. The number of carbonyl (C=O) groups is 2. The summed E-state index contributed by atoms with van der Waals surface area (Å²) in [5, 5.41) is 25.9. The second-order valence-electron chi connectivity index (χ2n) is 6.09. The zero-order valence-corrected chi connectivity index (χ0v) is 15.1. The van der Waals surface area contributed by atoms with Crippen molar-refractivity contribution < 1.29 is 14.7 Å². The number of thioether (sulfide) groups is 1. The first-order valence-electron chi connectivity index (χ1n) is 8.39. The van der Waals surface area contributed by atoms with E-state index in [1.807, 2.05) is 0 Å². The Labute approximate surface area is 154 Å². The summed E-state index contributed by atoms with van der Waals surface area (Å²) in [5.74, 6) is -0.275. The molecule has 1 aliphatic rings. The molecule has 1 fully saturated rings. The number of rotatable bonds is 5. The van der Waals surface area contributed by atoms with Gasteiger partial charge in [0.2, 0.25) is 11.1 Å². The number of tetrazole rings is 1. The Morgan fingerprint density at radius 2 is 1.96 bits per heavy atom. The summed E-state index contributed by atoms with van der Waals surface area (Å²) in [6.45, 7) is 1.68. The van der Waals surface area contributed by atoms with Crippen molar-refractivity contribution in [3.05, 3.63) is 24.3 Å². The first-order valence-corrected chi connectivity index (χ1v) is 9.26. The molecular formula is C16H20N6O3S. The Morgan fingerprint density at radius 1 is 1.27 bits per heavy atom. The van der Waals surface area contributed by atoms with Gasteiger partial charge < -0.3 is 10.4 Å². The highest BCUT2D eigenvalue weighted by atomic mass is 32.2. The Morgan fingerprint density at radius 3 is 2.65 bits per heavy atom. The molecule has 0 aliphatic heterocycles. The van der Waals surface area contributed by atoms with Crippen LogP contribution in [0.3, 0.4) is 0 Å². The third-order valence-corrected chi connectivity index (χ3v) is 5.15. The Hall–Kier alpha value is -2.62. The molecule has 10 heteroatoms. The van der Waals surface area contributed by atoms with E-state index in [2.05, 4.69) is 26.2 Å². The van der Waals surface area contributed by atoms with Gasteiger partial charge in [0.05, 0.1) is 10.9 Å². The van der Waals surface area contributed by atoms with Crippen molar-refractivity contribution in [2.75, 3.05) is 0 Å². The standard InChI is InChI=1S/C16H20N6O3S/c1-10(14(24)18-15(25)17-11-4-2-3-5-11)26-16-19-20-21-22(16)12-6-8-13(23)9-7-12/h6-11,23H,2-5H2,1H3,(H2,17,18,24,25)/t10-/m0/s1. The number of urea groups is 1. The molecule has 0 spiro atoms. The van der Waals surface area contributed by atoms with Crippen molar-refractivity contribution in [1.82, 2.24) is 30.8 Å². The number of imide groups is 1. The molecular weight excluding hydrogens is 356 g/mol. The Bertz CT molecular complexity index is 773. The molecule has 1 saturated carbocycles. The minimum atomic E-state index is -0.564. The van der Waals surface area contributed by atoms with E-state index >= 15 is 0 Å². The van der Waals surface area contributed by atoms with Crippen LogP contribution >= 0.6 is 11.8 Å². The highest BCUT2D eigenvalue weighted by molar-refractivity contribution is 8.00. The van der Waals surface area contributed by atoms with Crippen molar-refractivity contribution in [2.24, 2.45) is 0 Å². The number of carbonyl (C=O) groups excluding carboxylic acids is 2. The molecule has 3 N–H and O–H groups in total. The number of amides is 3. The van der Waals surface area contributed by atoms with Crippen molar-refractivity contribution >= 4 is 23.7 Å². The number of hydrogen-bond donors (Lipinski definition) is 3. The molecule has 1 atom stereocenters. The number of hydrogen-bond acceptors (Lipinski definition) is 7. The van der Waals surface area contributed by atoms with Gasteiger partial charge in [-0.3, -0.25) is 10.1 Å². The van der Waals surface area contributed by atoms with E-state index in [9.17, 15) is 14.7 Å². The predicted molar refractivity (Wildman–Crippen MR) is 95.1 cm³/mol. The van der Waals surface area contributed by atoms with Gasteiger partial charge in [-0.25, -0.2) is 4.79 Å². The lowest BCUT2D eigenvalue weighted by Gasteiger charge is -2.14. The van der Waals surface area contributed by atoms with Crippen LogP contribution < -0.4 is 10.6 Å². The van der Waals surface area contributed by atoms with Crippen molar-refractivity contribution in [3.63, 3.8) is 0 Å². The lowest BCUT2D eigenvalue weighted by atomic mass is 10.2. The van der Waals surface area contributed by atoms with E-state index < -0.39 is 17.2 Å². The van der Waals surface area contributed by atoms with Gasteiger partial charge in [0.15, 0.2) is 0 Å². The third-order valence-electron chi connectivity index (χ3n) is 4.11. The molecule has 26 heavy (non-hydrogen) atoms. The van der Waals surface area contributed by atoms with Crippen LogP contribution in [0.4, 0.5) is 4.79 Å². The van der Waals surface area contributed by atoms with Gasteiger partial charge >= 0.3 is 6.03 Å². The number of nitrogens with zero attached hydrogens (tertiary/aromatic N) is 4. The second-order valence-corrected chi connectivity index (χ2v) is 7.40. The summed E-state index contributed by atoms with van der Waals surface area (Å²) >= 11 is 1.14. The molecule has 0 radical (unpaired) electrons. The number of benzene rings is 1. The number of phenols is 1. The molecule has 0 bridgehead atoms. The van der Waals surface area contributed by atoms with Gasteiger partial charge in [-0.1, -0.05) is 24.6 Å². The van der Waals surface area contributed by atoms with Crippen molar-refractivity contribution in [3.8, 4) is 11.4 Å². The number of phenolic OH excluding ortho intramolecular Hbond substituents is 1. The average Bonchev–Trinajstić information content (AvgIpc) is 3.27. The molecule has 1 aliphatic carbocycles. The van der Waals surface area contributed by atoms with Crippen LogP contribution in [0.1, 0.15) is 32.6 Å². The van der Waals surface area contributed by atoms with E-state index in [0.29, 0.717) is 10.8 Å². The van der Waals surface area contributed by atoms with Gasteiger partial charge in [0.1, 0.15) is 5.75 Å². The van der Waals surface area contributed by atoms with Gasteiger partial charge in [-0.2, -0.15) is 4.68 Å². The molecule has 0 saturated heterocycles.